The van der Waals surface area contributed by atoms with Crippen LogP contribution in [0.5, 0.6) is 0 Å². The van der Waals surface area contributed by atoms with Crippen molar-refractivity contribution in [2.45, 2.75) is 32.0 Å². The molecule has 1 fully saturated rings. The van der Waals surface area contributed by atoms with Crippen molar-refractivity contribution in [3.8, 4) is 0 Å². The van der Waals surface area contributed by atoms with E-state index >= 15 is 0 Å². The standard InChI is InChI=1S/C17H21ClN4O/c1-17(2)11-23-14(12-5-3-4-6-13(12)18)9-22(17)10-16-20-8-7-15(19)21-16/h3-8,14H,9-11H2,1-2H3,(H2,19,20,21)/t14-/m1/s1. The van der Waals surface area contributed by atoms with Crippen molar-refractivity contribution < 1.29 is 4.74 Å². The van der Waals surface area contributed by atoms with E-state index in [-0.39, 0.29) is 11.6 Å². The zero-order valence-electron chi connectivity index (χ0n) is 13.4. The van der Waals surface area contributed by atoms with Crippen molar-refractivity contribution in [2.75, 3.05) is 18.9 Å². The Morgan fingerprint density at radius 3 is 2.87 bits per heavy atom. The molecule has 1 saturated heterocycles. The largest absolute Gasteiger partial charge is 0.384 e. The van der Waals surface area contributed by atoms with Crippen LogP contribution in [0.2, 0.25) is 5.02 Å². The molecule has 0 spiro atoms. The molecule has 1 atom stereocenters. The lowest BCUT2D eigenvalue weighted by Crippen LogP contribution is -2.53. The molecule has 6 heteroatoms. The molecular weight excluding hydrogens is 312 g/mol. The maximum absolute atomic E-state index is 6.32. The average Bonchev–Trinajstić information content (AvgIpc) is 2.50. The summed E-state index contributed by atoms with van der Waals surface area (Å²) in [6.45, 7) is 6.28. The molecule has 2 N–H and O–H groups in total. The van der Waals surface area contributed by atoms with Crippen molar-refractivity contribution in [3.63, 3.8) is 0 Å². The van der Waals surface area contributed by atoms with Gasteiger partial charge in [0.15, 0.2) is 0 Å². The zero-order chi connectivity index (χ0) is 16.4. The molecule has 3 rings (SSSR count). The van der Waals surface area contributed by atoms with Gasteiger partial charge in [-0.15, -0.1) is 0 Å². The first-order chi connectivity index (χ1) is 11.0. The van der Waals surface area contributed by atoms with Crippen LogP contribution in [0.3, 0.4) is 0 Å². The summed E-state index contributed by atoms with van der Waals surface area (Å²) in [5.41, 5.74) is 6.67. The first-order valence-electron chi connectivity index (χ1n) is 7.64. The minimum absolute atomic E-state index is 0.0576. The monoisotopic (exact) mass is 332 g/mol. The maximum atomic E-state index is 6.32. The maximum Gasteiger partial charge on any atom is 0.144 e. The number of nitrogens with two attached hydrogens (primary N) is 1. The van der Waals surface area contributed by atoms with E-state index in [4.69, 9.17) is 22.1 Å². The van der Waals surface area contributed by atoms with Gasteiger partial charge in [0.1, 0.15) is 11.6 Å². The summed E-state index contributed by atoms with van der Waals surface area (Å²) in [4.78, 5) is 10.9. The third kappa shape index (κ3) is 3.63. The second kappa shape index (κ2) is 6.43. The Hall–Kier alpha value is -1.69. The van der Waals surface area contributed by atoms with Crippen LogP contribution in [0, 0.1) is 0 Å². The number of aromatic nitrogens is 2. The summed E-state index contributed by atoms with van der Waals surface area (Å²) >= 11 is 6.32. The van der Waals surface area contributed by atoms with Crippen molar-refractivity contribution in [2.24, 2.45) is 0 Å². The second-order valence-corrected chi connectivity index (χ2v) is 6.82. The molecule has 0 bridgehead atoms. The highest BCUT2D eigenvalue weighted by Gasteiger charge is 2.36. The molecule has 0 radical (unpaired) electrons. The highest BCUT2D eigenvalue weighted by molar-refractivity contribution is 6.31. The van der Waals surface area contributed by atoms with E-state index in [0.29, 0.717) is 19.0 Å². The molecule has 0 aliphatic carbocycles. The Morgan fingerprint density at radius 1 is 1.35 bits per heavy atom. The Kier molecular flexibility index (Phi) is 4.53. The smallest absolute Gasteiger partial charge is 0.144 e. The van der Waals surface area contributed by atoms with Crippen molar-refractivity contribution in [1.82, 2.24) is 14.9 Å². The van der Waals surface area contributed by atoms with Crippen molar-refractivity contribution in [1.29, 1.82) is 0 Å². The average molecular weight is 333 g/mol. The molecule has 0 saturated carbocycles. The molecule has 2 aromatic rings. The first kappa shape index (κ1) is 16.2. The molecule has 1 aliphatic heterocycles. The molecule has 122 valence electrons. The molecule has 5 nitrogen and oxygen atoms in total. The lowest BCUT2D eigenvalue weighted by Gasteiger charge is -2.45. The van der Waals surface area contributed by atoms with Crippen LogP contribution in [0.25, 0.3) is 0 Å². The van der Waals surface area contributed by atoms with E-state index in [1.54, 1.807) is 12.3 Å². The van der Waals surface area contributed by atoms with Gasteiger partial charge in [-0.3, -0.25) is 4.90 Å². The summed E-state index contributed by atoms with van der Waals surface area (Å²) in [7, 11) is 0. The SMILES string of the molecule is CC1(C)CO[C@@H](c2ccccc2Cl)CN1Cc1nccc(N)n1. The van der Waals surface area contributed by atoms with Crippen LogP contribution in [-0.2, 0) is 11.3 Å². The van der Waals surface area contributed by atoms with Gasteiger partial charge in [-0.25, -0.2) is 9.97 Å². The topological polar surface area (TPSA) is 64.3 Å². The number of ether oxygens (including phenoxy) is 1. The highest BCUT2D eigenvalue weighted by Crippen LogP contribution is 2.34. The molecule has 1 aromatic heterocycles. The number of hydrogen-bond donors (Lipinski definition) is 1. The fourth-order valence-corrected chi connectivity index (χ4v) is 3.02. The Balaban J connectivity index is 1.81. The Labute approximate surface area is 141 Å². The minimum atomic E-state index is -0.105. The molecule has 0 unspecified atom stereocenters. The van der Waals surface area contributed by atoms with Crippen LogP contribution in [0.15, 0.2) is 36.5 Å². The van der Waals surface area contributed by atoms with E-state index in [1.807, 2.05) is 24.3 Å². The summed E-state index contributed by atoms with van der Waals surface area (Å²) in [5.74, 6) is 1.21. The van der Waals surface area contributed by atoms with Crippen molar-refractivity contribution >= 4 is 17.4 Å². The van der Waals surface area contributed by atoms with Gasteiger partial charge in [0.05, 0.1) is 19.3 Å². The lowest BCUT2D eigenvalue weighted by atomic mass is 9.98. The third-order valence-corrected chi connectivity index (χ3v) is 4.54. The molecule has 2 heterocycles. The van der Waals surface area contributed by atoms with Crippen LogP contribution in [0.1, 0.15) is 31.3 Å². The minimum Gasteiger partial charge on any atom is -0.384 e. The highest BCUT2D eigenvalue weighted by atomic mass is 35.5. The fourth-order valence-electron chi connectivity index (χ4n) is 2.76. The number of halogens is 1. The van der Waals surface area contributed by atoms with Gasteiger partial charge in [-0.1, -0.05) is 29.8 Å². The van der Waals surface area contributed by atoms with Gasteiger partial charge in [0.25, 0.3) is 0 Å². The normalized spacial score (nSPS) is 21.3. The van der Waals surface area contributed by atoms with Gasteiger partial charge >= 0.3 is 0 Å². The summed E-state index contributed by atoms with van der Waals surface area (Å²) in [6, 6.07) is 9.51. The quantitative estimate of drug-likeness (QED) is 0.935. The number of rotatable bonds is 3. The lowest BCUT2D eigenvalue weighted by molar-refractivity contribution is -0.105. The predicted octanol–water partition coefficient (Wildman–Crippen LogP) is 3.06. The summed E-state index contributed by atoms with van der Waals surface area (Å²) in [6.07, 6.45) is 1.63. The van der Waals surface area contributed by atoms with E-state index < -0.39 is 0 Å². The van der Waals surface area contributed by atoms with Crippen molar-refractivity contribution in [3.05, 3.63) is 52.9 Å². The number of anilines is 1. The van der Waals surface area contributed by atoms with E-state index in [1.165, 1.54) is 0 Å². The van der Waals surface area contributed by atoms with Crippen LogP contribution >= 0.6 is 11.6 Å². The molecule has 1 aliphatic rings. The van der Waals surface area contributed by atoms with Crippen LogP contribution < -0.4 is 5.73 Å². The number of hydrogen-bond acceptors (Lipinski definition) is 5. The zero-order valence-corrected chi connectivity index (χ0v) is 14.1. The van der Waals surface area contributed by atoms with E-state index in [2.05, 4.69) is 28.7 Å². The molecule has 0 amide bonds. The number of nitrogen functional groups attached to an aromatic ring is 1. The van der Waals surface area contributed by atoms with Crippen LogP contribution in [0.4, 0.5) is 5.82 Å². The Bertz CT molecular complexity index is 692. The van der Waals surface area contributed by atoms with Crippen LogP contribution in [-0.4, -0.2) is 33.6 Å². The predicted molar refractivity (Wildman–Crippen MR) is 91.1 cm³/mol. The Morgan fingerprint density at radius 2 is 2.13 bits per heavy atom. The molecule has 1 aromatic carbocycles. The summed E-state index contributed by atoms with van der Waals surface area (Å²) in [5, 5.41) is 0.734. The number of benzene rings is 1. The molecule has 23 heavy (non-hydrogen) atoms. The number of morpholine rings is 1. The third-order valence-electron chi connectivity index (χ3n) is 4.19. The number of nitrogens with zero attached hydrogens (tertiary/aromatic N) is 3. The second-order valence-electron chi connectivity index (χ2n) is 6.41. The van der Waals surface area contributed by atoms with E-state index in [0.717, 1.165) is 23.0 Å². The fraction of sp³-hybridized carbons (Fsp3) is 0.412. The first-order valence-corrected chi connectivity index (χ1v) is 8.02. The van der Waals surface area contributed by atoms with E-state index in [9.17, 15) is 0 Å². The molecular formula is C17H21ClN4O. The van der Waals surface area contributed by atoms with Gasteiger partial charge in [0.2, 0.25) is 0 Å². The summed E-state index contributed by atoms with van der Waals surface area (Å²) < 4.78 is 6.06. The van der Waals surface area contributed by atoms with Gasteiger partial charge in [-0.2, -0.15) is 0 Å². The van der Waals surface area contributed by atoms with Gasteiger partial charge < -0.3 is 10.5 Å². The van der Waals surface area contributed by atoms with Gasteiger partial charge in [0, 0.05) is 28.9 Å². The van der Waals surface area contributed by atoms with Gasteiger partial charge in [-0.05, 0) is 26.0 Å².